The second-order valence-electron chi connectivity index (χ2n) is 4.76. The van der Waals surface area contributed by atoms with Crippen LogP contribution in [0.1, 0.15) is 46.0 Å². The highest BCUT2D eigenvalue weighted by Gasteiger charge is 2.37. The normalized spacial score (nSPS) is 34.0. The molecular weight excluding hydrogens is 160 g/mol. The first-order valence-electron chi connectivity index (χ1n) is 5.44. The molecule has 0 aromatic heterocycles. The molecule has 1 aliphatic carbocycles. The quantitative estimate of drug-likeness (QED) is 0.662. The van der Waals surface area contributed by atoms with Crippen molar-refractivity contribution < 1.29 is 5.11 Å². The Hall–Kier alpha value is -0.300. The molecule has 76 valence electrons. The van der Waals surface area contributed by atoms with Gasteiger partial charge >= 0.3 is 0 Å². The molecule has 2 unspecified atom stereocenters. The summed E-state index contributed by atoms with van der Waals surface area (Å²) in [5, 5.41) is 10.2. The fourth-order valence-electron chi connectivity index (χ4n) is 2.28. The lowest BCUT2D eigenvalue weighted by Gasteiger charge is -2.27. The minimum atomic E-state index is -0.547. The molecular formula is C12H22O. The van der Waals surface area contributed by atoms with E-state index in [1.54, 1.807) is 6.08 Å². The summed E-state index contributed by atoms with van der Waals surface area (Å²) in [6, 6.07) is 0. The summed E-state index contributed by atoms with van der Waals surface area (Å²) in [6.07, 6.45) is 7.38. The van der Waals surface area contributed by atoms with E-state index in [1.165, 1.54) is 12.8 Å². The van der Waals surface area contributed by atoms with Crippen LogP contribution in [0.4, 0.5) is 0 Å². The molecule has 1 N–H and O–H groups in total. The highest BCUT2D eigenvalue weighted by Crippen LogP contribution is 2.39. The number of rotatable bonds is 4. The zero-order chi connectivity index (χ0) is 9.90. The van der Waals surface area contributed by atoms with Crippen molar-refractivity contribution in [1.29, 1.82) is 0 Å². The molecule has 1 nitrogen and oxygen atoms in total. The van der Waals surface area contributed by atoms with Crippen molar-refractivity contribution >= 4 is 0 Å². The van der Waals surface area contributed by atoms with Crippen molar-refractivity contribution in [2.45, 2.75) is 51.6 Å². The van der Waals surface area contributed by atoms with Crippen LogP contribution < -0.4 is 0 Å². The van der Waals surface area contributed by atoms with Crippen LogP contribution in [0.2, 0.25) is 0 Å². The van der Waals surface area contributed by atoms with Crippen LogP contribution in [0, 0.1) is 11.8 Å². The smallest absolute Gasteiger partial charge is 0.0853 e. The molecule has 0 amide bonds. The Bertz CT molecular complexity index is 174. The second-order valence-corrected chi connectivity index (χ2v) is 4.76. The summed E-state index contributed by atoms with van der Waals surface area (Å²) in [6.45, 7) is 8.22. The first-order chi connectivity index (χ1) is 6.08. The lowest BCUT2D eigenvalue weighted by atomic mass is 9.85. The third-order valence-electron chi connectivity index (χ3n) is 3.28. The van der Waals surface area contributed by atoms with Crippen LogP contribution in [0.5, 0.6) is 0 Å². The monoisotopic (exact) mass is 182 g/mol. The van der Waals surface area contributed by atoms with Gasteiger partial charge in [0, 0.05) is 0 Å². The van der Waals surface area contributed by atoms with Crippen LogP contribution in [0.3, 0.4) is 0 Å². The van der Waals surface area contributed by atoms with Crippen molar-refractivity contribution in [3.63, 3.8) is 0 Å². The van der Waals surface area contributed by atoms with Gasteiger partial charge in [0.2, 0.25) is 0 Å². The summed E-state index contributed by atoms with van der Waals surface area (Å²) >= 11 is 0. The maximum absolute atomic E-state index is 10.2. The average molecular weight is 182 g/mol. The number of hydrogen-bond acceptors (Lipinski definition) is 1. The maximum Gasteiger partial charge on any atom is 0.0853 e. The van der Waals surface area contributed by atoms with E-state index in [9.17, 15) is 5.11 Å². The first kappa shape index (κ1) is 10.8. The lowest BCUT2D eigenvalue weighted by Crippen LogP contribution is -2.30. The van der Waals surface area contributed by atoms with Gasteiger partial charge in [-0.25, -0.2) is 0 Å². The van der Waals surface area contributed by atoms with E-state index in [1.807, 2.05) is 0 Å². The van der Waals surface area contributed by atoms with Crippen LogP contribution in [-0.2, 0) is 0 Å². The molecule has 1 fully saturated rings. The summed E-state index contributed by atoms with van der Waals surface area (Å²) in [7, 11) is 0. The minimum absolute atomic E-state index is 0.465. The topological polar surface area (TPSA) is 20.2 Å². The van der Waals surface area contributed by atoms with Crippen molar-refractivity contribution in [1.82, 2.24) is 0 Å². The van der Waals surface area contributed by atoms with E-state index in [0.29, 0.717) is 5.92 Å². The van der Waals surface area contributed by atoms with Crippen molar-refractivity contribution in [3.8, 4) is 0 Å². The Morgan fingerprint density at radius 2 is 2.31 bits per heavy atom. The molecule has 0 spiro atoms. The van der Waals surface area contributed by atoms with Gasteiger partial charge in [0.25, 0.3) is 0 Å². The Kier molecular flexibility index (Phi) is 3.55. The molecule has 0 heterocycles. The Morgan fingerprint density at radius 1 is 1.62 bits per heavy atom. The third kappa shape index (κ3) is 2.57. The van der Waals surface area contributed by atoms with E-state index in [0.717, 1.165) is 25.2 Å². The van der Waals surface area contributed by atoms with E-state index in [-0.39, 0.29) is 0 Å². The zero-order valence-electron chi connectivity index (χ0n) is 8.92. The highest BCUT2D eigenvalue weighted by molar-refractivity contribution is 5.04. The SMILES string of the molecule is C=CC1(O)CCCC1CCC(C)C. The molecule has 1 heteroatoms. The molecule has 1 rings (SSSR count). The molecule has 13 heavy (non-hydrogen) atoms. The number of aliphatic hydroxyl groups is 1. The van der Waals surface area contributed by atoms with E-state index in [4.69, 9.17) is 0 Å². The molecule has 2 atom stereocenters. The van der Waals surface area contributed by atoms with Crippen LogP contribution in [0.15, 0.2) is 12.7 Å². The third-order valence-corrected chi connectivity index (χ3v) is 3.28. The van der Waals surface area contributed by atoms with Crippen molar-refractivity contribution in [3.05, 3.63) is 12.7 Å². The van der Waals surface area contributed by atoms with Crippen LogP contribution >= 0.6 is 0 Å². The van der Waals surface area contributed by atoms with Gasteiger partial charge < -0.3 is 5.11 Å². The second kappa shape index (κ2) is 4.28. The fourth-order valence-corrected chi connectivity index (χ4v) is 2.28. The van der Waals surface area contributed by atoms with E-state index in [2.05, 4.69) is 20.4 Å². The lowest BCUT2D eigenvalue weighted by molar-refractivity contribution is 0.0454. The minimum Gasteiger partial charge on any atom is -0.386 e. The van der Waals surface area contributed by atoms with Gasteiger partial charge in [0.05, 0.1) is 5.60 Å². The van der Waals surface area contributed by atoms with Gasteiger partial charge in [-0.1, -0.05) is 26.3 Å². The molecule has 1 saturated carbocycles. The maximum atomic E-state index is 10.2. The van der Waals surface area contributed by atoms with Gasteiger partial charge in [0.15, 0.2) is 0 Å². The molecule has 0 radical (unpaired) electrons. The average Bonchev–Trinajstić information content (AvgIpc) is 2.44. The predicted octanol–water partition coefficient (Wildman–Crippen LogP) is 3.14. The van der Waals surface area contributed by atoms with Crippen molar-refractivity contribution in [2.24, 2.45) is 11.8 Å². The summed E-state index contributed by atoms with van der Waals surface area (Å²) < 4.78 is 0. The summed E-state index contributed by atoms with van der Waals surface area (Å²) in [5.41, 5.74) is -0.547. The Morgan fingerprint density at radius 3 is 2.85 bits per heavy atom. The fraction of sp³-hybridized carbons (Fsp3) is 0.833. The molecule has 0 bridgehead atoms. The van der Waals surface area contributed by atoms with Gasteiger partial charge in [-0.3, -0.25) is 0 Å². The summed E-state index contributed by atoms with van der Waals surface area (Å²) in [4.78, 5) is 0. The standard InChI is InChI=1S/C12H22O/c1-4-12(13)9-5-6-11(12)8-7-10(2)3/h4,10-11,13H,1,5-9H2,2-3H3. The molecule has 0 aromatic rings. The largest absolute Gasteiger partial charge is 0.386 e. The van der Waals surface area contributed by atoms with Crippen LogP contribution in [0.25, 0.3) is 0 Å². The predicted molar refractivity (Wildman–Crippen MR) is 56.6 cm³/mol. The highest BCUT2D eigenvalue weighted by atomic mass is 16.3. The van der Waals surface area contributed by atoms with Crippen LogP contribution in [-0.4, -0.2) is 10.7 Å². The van der Waals surface area contributed by atoms with E-state index >= 15 is 0 Å². The van der Waals surface area contributed by atoms with Gasteiger partial charge in [-0.15, -0.1) is 6.58 Å². The zero-order valence-corrected chi connectivity index (χ0v) is 8.92. The Balaban J connectivity index is 2.44. The molecule has 0 saturated heterocycles. The molecule has 0 aromatic carbocycles. The Labute approximate surface area is 81.9 Å². The number of hydrogen-bond donors (Lipinski definition) is 1. The summed E-state index contributed by atoms with van der Waals surface area (Å²) in [5.74, 6) is 1.21. The molecule has 0 aliphatic heterocycles. The van der Waals surface area contributed by atoms with Crippen molar-refractivity contribution in [2.75, 3.05) is 0 Å². The first-order valence-corrected chi connectivity index (χ1v) is 5.44. The van der Waals surface area contributed by atoms with Gasteiger partial charge in [-0.2, -0.15) is 0 Å². The molecule has 1 aliphatic rings. The van der Waals surface area contributed by atoms with Gasteiger partial charge in [0.1, 0.15) is 0 Å². The van der Waals surface area contributed by atoms with Gasteiger partial charge in [-0.05, 0) is 37.5 Å². The van der Waals surface area contributed by atoms with E-state index < -0.39 is 5.60 Å².